The summed E-state index contributed by atoms with van der Waals surface area (Å²) in [6.07, 6.45) is 3.12. The van der Waals surface area contributed by atoms with Gasteiger partial charge in [0.2, 0.25) is 0 Å². The Morgan fingerprint density at radius 3 is 1.97 bits per heavy atom. The lowest BCUT2D eigenvalue weighted by atomic mass is 10.1. The summed E-state index contributed by atoms with van der Waals surface area (Å²) in [4.78, 5) is 13.4. The molecule has 0 aliphatic rings. The summed E-state index contributed by atoms with van der Waals surface area (Å²) in [5, 5.41) is 16.9. The fourth-order valence-corrected chi connectivity index (χ4v) is 3.67. The van der Waals surface area contributed by atoms with Crippen LogP contribution in [0.3, 0.4) is 0 Å². The molecule has 0 fully saturated rings. The zero-order valence-electron chi connectivity index (χ0n) is 20.7. The summed E-state index contributed by atoms with van der Waals surface area (Å²) in [6, 6.07) is 13.2. The number of hydrogen-bond acceptors (Lipinski definition) is 5. The number of nitriles is 1. The molecule has 1 N–H and O–H groups in total. The van der Waals surface area contributed by atoms with Gasteiger partial charge in [-0.1, -0.05) is 24.3 Å². The summed E-state index contributed by atoms with van der Waals surface area (Å²) in [7, 11) is -3.07. The van der Waals surface area contributed by atoms with Crippen LogP contribution in [0.5, 0.6) is 0 Å². The van der Waals surface area contributed by atoms with Crippen molar-refractivity contribution in [3.8, 4) is 6.07 Å². The number of carbonyl (C=O) groups is 1. The Morgan fingerprint density at radius 1 is 1.03 bits per heavy atom. The van der Waals surface area contributed by atoms with Gasteiger partial charge in [-0.15, -0.1) is 0 Å². The first kappa shape index (κ1) is 30.8. The van der Waals surface area contributed by atoms with Gasteiger partial charge in [-0.3, -0.25) is 4.57 Å². The minimum Gasteiger partial charge on any atom is -0.478 e. The normalized spacial score (nSPS) is 10.2. The second kappa shape index (κ2) is 16.4. The SMILES string of the molecule is Cc1ccc(/C=C/C#N)cc1C.Cc1ccc(C(=O)O)cc1C.[C-]#[N+]CP(=O)(OCC)OCC. The largest absolute Gasteiger partial charge is 0.478 e. The van der Waals surface area contributed by atoms with Crippen LogP contribution in [0.15, 0.2) is 42.5 Å². The Balaban J connectivity index is 0.000000481. The van der Waals surface area contributed by atoms with Gasteiger partial charge in [-0.2, -0.15) is 5.26 Å². The van der Waals surface area contributed by atoms with Gasteiger partial charge in [0.25, 0.3) is 0 Å². The molecule has 0 amide bonds. The van der Waals surface area contributed by atoms with Crippen molar-refractivity contribution in [1.29, 1.82) is 5.26 Å². The summed E-state index contributed by atoms with van der Waals surface area (Å²) < 4.78 is 21.0. The lowest BCUT2D eigenvalue weighted by Gasteiger charge is -2.10. The molecule has 0 aliphatic carbocycles. The molecule has 0 atom stereocenters. The van der Waals surface area contributed by atoms with Crippen LogP contribution in [0.2, 0.25) is 0 Å². The number of nitrogens with zero attached hydrogens (tertiary/aromatic N) is 2. The van der Waals surface area contributed by atoms with Gasteiger partial charge in [0.05, 0.1) is 24.8 Å². The maximum Gasteiger partial charge on any atom is 0.409 e. The van der Waals surface area contributed by atoms with Crippen molar-refractivity contribution >= 4 is 19.6 Å². The van der Waals surface area contributed by atoms with Crippen LogP contribution in [0.1, 0.15) is 52.0 Å². The highest BCUT2D eigenvalue weighted by atomic mass is 31.2. The lowest BCUT2D eigenvalue weighted by molar-refractivity contribution is 0.0696. The molecule has 7 nitrogen and oxygen atoms in total. The maximum atomic E-state index is 11.4. The van der Waals surface area contributed by atoms with Gasteiger partial charge < -0.3 is 19.0 Å². The zero-order valence-corrected chi connectivity index (χ0v) is 21.6. The monoisotopic (exact) mass is 484 g/mol. The molecule has 0 saturated carbocycles. The van der Waals surface area contributed by atoms with Crippen LogP contribution < -0.4 is 0 Å². The van der Waals surface area contributed by atoms with E-state index in [1.807, 2.05) is 38.1 Å². The molecule has 0 spiro atoms. The first-order valence-electron chi connectivity index (χ1n) is 10.7. The minimum absolute atomic E-state index is 0.186. The van der Waals surface area contributed by atoms with Crippen LogP contribution in [0.25, 0.3) is 10.9 Å². The third kappa shape index (κ3) is 12.1. The van der Waals surface area contributed by atoms with Gasteiger partial charge in [0, 0.05) is 6.08 Å². The van der Waals surface area contributed by atoms with Crippen molar-refractivity contribution in [1.82, 2.24) is 0 Å². The summed E-state index contributed by atoms with van der Waals surface area (Å²) in [5.74, 6) is -0.867. The molecular formula is C26H33N2O5P. The lowest BCUT2D eigenvalue weighted by Crippen LogP contribution is -1.97. The summed E-state index contributed by atoms with van der Waals surface area (Å²) in [6.45, 7) is 18.6. The Hall–Kier alpha value is -3.22. The molecular weight excluding hydrogens is 451 g/mol. The summed E-state index contributed by atoms with van der Waals surface area (Å²) >= 11 is 0. The van der Waals surface area contributed by atoms with E-state index in [1.54, 1.807) is 26.0 Å². The van der Waals surface area contributed by atoms with Crippen LogP contribution >= 0.6 is 7.60 Å². The molecule has 2 aromatic carbocycles. The molecule has 8 heteroatoms. The van der Waals surface area contributed by atoms with E-state index in [4.69, 9.17) is 26.0 Å². The second-order valence-electron chi connectivity index (χ2n) is 7.16. The molecule has 0 aliphatic heterocycles. The molecule has 0 bridgehead atoms. The van der Waals surface area contributed by atoms with Crippen molar-refractivity contribution in [2.45, 2.75) is 41.5 Å². The Kier molecular flexibility index (Phi) is 14.8. The summed E-state index contributed by atoms with van der Waals surface area (Å²) in [5.41, 5.74) is 6.12. The number of aryl methyl sites for hydroxylation is 4. The fraction of sp³-hybridized carbons (Fsp3) is 0.346. The zero-order chi connectivity index (χ0) is 26.1. The highest BCUT2D eigenvalue weighted by Crippen LogP contribution is 2.47. The van der Waals surface area contributed by atoms with E-state index >= 15 is 0 Å². The highest BCUT2D eigenvalue weighted by molar-refractivity contribution is 7.54. The average Bonchev–Trinajstić information content (AvgIpc) is 2.77. The molecule has 0 radical (unpaired) electrons. The number of aromatic carboxylic acids is 1. The Labute approximate surface area is 203 Å². The standard InChI is InChI=1S/C11H11N.C9H10O2.C6H12NO3P/c1-9-5-6-11(4-3-7-12)8-10(9)2;1-6-3-4-8(9(10)11)5-7(6)2;1-4-9-11(8,6-7-3)10-5-2/h3-6,8H,1-2H3;3-5H,1-2H3,(H,10,11);4-6H2,1-2H3/b4-3+;;. The highest BCUT2D eigenvalue weighted by Gasteiger charge is 2.26. The molecule has 34 heavy (non-hydrogen) atoms. The predicted octanol–water partition coefficient (Wildman–Crippen LogP) is 6.97. The third-order valence-electron chi connectivity index (χ3n) is 4.53. The molecule has 2 aromatic rings. The van der Waals surface area contributed by atoms with Crippen molar-refractivity contribution in [3.05, 3.63) is 87.3 Å². The quantitative estimate of drug-likeness (QED) is 0.259. The van der Waals surface area contributed by atoms with E-state index in [2.05, 4.69) is 30.8 Å². The smallest absolute Gasteiger partial charge is 0.409 e. The Morgan fingerprint density at radius 2 is 1.56 bits per heavy atom. The molecule has 0 saturated heterocycles. The molecule has 0 unspecified atom stereocenters. The van der Waals surface area contributed by atoms with Crippen molar-refractivity contribution in [2.75, 3.05) is 19.5 Å². The molecule has 0 aromatic heterocycles. The van der Waals surface area contributed by atoms with E-state index < -0.39 is 13.6 Å². The van der Waals surface area contributed by atoms with E-state index in [1.165, 1.54) is 17.2 Å². The first-order valence-corrected chi connectivity index (χ1v) is 12.4. The second-order valence-corrected chi connectivity index (χ2v) is 9.18. The van der Waals surface area contributed by atoms with Crippen LogP contribution in [0, 0.1) is 45.6 Å². The van der Waals surface area contributed by atoms with Gasteiger partial charge in [-0.25, -0.2) is 11.4 Å². The van der Waals surface area contributed by atoms with Gasteiger partial charge in [0.15, 0.2) is 0 Å². The van der Waals surface area contributed by atoms with Crippen molar-refractivity contribution in [2.24, 2.45) is 0 Å². The van der Waals surface area contributed by atoms with Crippen LogP contribution in [0.4, 0.5) is 0 Å². The van der Waals surface area contributed by atoms with Gasteiger partial charge >= 0.3 is 19.9 Å². The molecule has 0 heterocycles. The first-order chi connectivity index (χ1) is 16.0. The number of hydrogen-bond donors (Lipinski definition) is 1. The topological polar surface area (TPSA) is 101 Å². The number of benzene rings is 2. The average molecular weight is 485 g/mol. The van der Waals surface area contributed by atoms with Crippen LogP contribution in [-0.4, -0.2) is 30.6 Å². The molecule has 182 valence electrons. The predicted molar refractivity (Wildman–Crippen MR) is 136 cm³/mol. The van der Waals surface area contributed by atoms with E-state index in [0.717, 1.165) is 16.7 Å². The van der Waals surface area contributed by atoms with Crippen molar-refractivity contribution < 1.29 is 23.5 Å². The number of rotatable bonds is 7. The van der Waals surface area contributed by atoms with E-state index in [-0.39, 0.29) is 6.29 Å². The third-order valence-corrected chi connectivity index (χ3v) is 6.32. The number of carboxylic acid groups (broad SMARTS) is 1. The number of allylic oxidation sites excluding steroid dienone is 1. The Bertz CT molecular complexity index is 1090. The van der Waals surface area contributed by atoms with Gasteiger partial charge in [0.1, 0.15) is 0 Å². The van der Waals surface area contributed by atoms with Gasteiger partial charge in [-0.05, 0) is 87.6 Å². The van der Waals surface area contributed by atoms with E-state index in [0.29, 0.717) is 18.8 Å². The maximum absolute atomic E-state index is 11.4. The van der Waals surface area contributed by atoms with Crippen molar-refractivity contribution in [3.63, 3.8) is 0 Å². The van der Waals surface area contributed by atoms with Crippen LogP contribution in [-0.2, 0) is 13.6 Å². The fourth-order valence-electron chi connectivity index (χ4n) is 2.48. The van der Waals surface area contributed by atoms with E-state index in [9.17, 15) is 9.36 Å². The number of carboxylic acids is 1. The molecule has 2 rings (SSSR count). The minimum atomic E-state index is -3.07.